The number of nitrogens with zero attached hydrogens (tertiary/aromatic N) is 2. The van der Waals surface area contributed by atoms with Gasteiger partial charge in [0.05, 0.1) is 11.8 Å². The number of carboxylic acid groups (broad SMARTS) is 1. The van der Waals surface area contributed by atoms with E-state index in [9.17, 15) is 4.79 Å². The molecular formula is C15H25N3O3. The molecule has 2 atom stereocenters. The summed E-state index contributed by atoms with van der Waals surface area (Å²) >= 11 is 0. The van der Waals surface area contributed by atoms with Crippen molar-refractivity contribution >= 4 is 5.97 Å². The van der Waals surface area contributed by atoms with Gasteiger partial charge in [-0.15, -0.1) is 0 Å². The summed E-state index contributed by atoms with van der Waals surface area (Å²) in [5.41, 5.74) is 0.973. The van der Waals surface area contributed by atoms with E-state index in [1.165, 1.54) is 6.42 Å². The topological polar surface area (TPSA) is 76.4 Å². The first-order chi connectivity index (χ1) is 9.99. The summed E-state index contributed by atoms with van der Waals surface area (Å²) in [5, 5.41) is 16.3. The number of carboxylic acids is 1. The lowest BCUT2D eigenvalue weighted by Crippen LogP contribution is -2.39. The van der Waals surface area contributed by atoms with Crippen LogP contribution in [0.25, 0.3) is 0 Å². The van der Waals surface area contributed by atoms with Crippen molar-refractivity contribution in [2.45, 2.75) is 39.3 Å². The van der Waals surface area contributed by atoms with Gasteiger partial charge in [-0.25, -0.2) is 4.79 Å². The molecule has 0 aromatic carbocycles. The van der Waals surface area contributed by atoms with E-state index >= 15 is 0 Å². The van der Waals surface area contributed by atoms with Crippen LogP contribution in [0.1, 0.15) is 42.9 Å². The molecule has 0 amide bonds. The number of hydrogen-bond acceptors (Lipinski definition) is 4. The molecule has 21 heavy (non-hydrogen) atoms. The van der Waals surface area contributed by atoms with Gasteiger partial charge in [0.2, 0.25) is 0 Å². The standard InChI is InChI=1S/C15H25N3O3/c1-10(2)14-11(5-4-6-21-14)8-16-9-12-7-13(15(19)20)17-18(12)3/h7,10-11,14,16H,4-6,8-9H2,1-3H3,(H,19,20). The summed E-state index contributed by atoms with van der Waals surface area (Å²) < 4.78 is 7.50. The maximum Gasteiger partial charge on any atom is 0.356 e. The molecule has 1 fully saturated rings. The summed E-state index contributed by atoms with van der Waals surface area (Å²) in [7, 11) is 1.77. The molecule has 2 heterocycles. The number of carbonyl (C=O) groups is 1. The Morgan fingerprint density at radius 2 is 2.38 bits per heavy atom. The lowest BCUT2D eigenvalue weighted by molar-refractivity contribution is -0.0517. The van der Waals surface area contributed by atoms with Gasteiger partial charge in [0.15, 0.2) is 5.69 Å². The van der Waals surface area contributed by atoms with Crippen LogP contribution in [0, 0.1) is 11.8 Å². The van der Waals surface area contributed by atoms with Crippen molar-refractivity contribution in [1.82, 2.24) is 15.1 Å². The number of ether oxygens (including phenoxy) is 1. The van der Waals surface area contributed by atoms with Gasteiger partial charge in [0.1, 0.15) is 0 Å². The molecule has 0 spiro atoms. The lowest BCUT2D eigenvalue weighted by atomic mass is 9.87. The second kappa shape index (κ2) is 7.04. The van der Waals surface area contributed by atoms with Crippen LogP contribution in [0.3, 0.4) is 0 Å². The van der Waals surface area contributed by atoms with Crippen LogP contribution in [0.5, 0.6) is 0 Å². The molecule has 1 aromatic heterocycles. The van der Waals surface area contributed by atoms with Gasteiger partial charge in [-0.2, -0.15) is 5.10 Å². The van der Waals surface area contributed by atoms with E-state index in [4.69, 9.17) is 9.84 Å². The number of nitrogens with one attached hydrogen (secondary N) is 1. The normalized spacial score (nSPS) is 22.7. The molecule has 0 aliphatic carbocycles. The Morgan fingerprint density at radius 3 is 3.00 bits per heavy atom. The number of rotatable bonds is 6. The fourth-order valence-electron chi connectivity index (χ4n) is 2.98. The van der Waals surface area contributed by atoms with Crippen molar-refractivity contribution in [1.29, 1.82) is 0 Å². The first-order valence-corrected chi connectivity index (χ1v) is 7.57. The van der Waals surface area contributed by atoms with Gasteiger partial charge in [-0.1, -0.05) is 13.8 Å². The minimum Gasteiger partial charge on any atom is -0.476 e. The average Bonchev–Trinajstić information content (AvgIpc) is 2.81. The van der Waals surface area contributed by atoms with E-state index in [1.54, 1.807) is 17.8 Å². The molecule has 2 rings (SSSR count). The molecule has 2 unspecified atom stereocenters. The van der Waals surface area contributed by atoms with Gasteiger partial charge in [-0.3, -0.25) is 4.68 Å². The van der Waals surface area contributed by atoms with Crippen LogP contribution < -0.4 is 5.32 Å². The van der Waals surface area contributed by atoms with Crippen molar-refractivity contribution < 1.29 is 14.6 Å². The quantitative estimate of drug-likeness (QED) is 0.834. The maximum atomic E-state index is 10.9. The zero-order valence-electron chi connectivity index (χ0n) is 13.0. The highest BCUT2D eigenvalue weighted by Crippen LogP contribution is 2.25. The minimum atomic E-state index is -0.989. The monoisotopic (exact) mass is 295 g/mol. The van der Waals surface area contributed by atoms with E-state index < -0.39 is 5.97 Å². The number of aromatic nitrogens is 2. The van der Waals surface area contributed by atoms with Crippen LogP contribution in [0.4, 0.5) is 0 Å². The Kier molecular flexibility index (Phi) is 5.36. The summed E-state index contributed by atoms with van der Waals surface area (Å²) in [4.78, 5) is 10.9. The minimum absolute atomic E-state index is 0.0929. The largest absolute Gasteiger partial charge is 0.476 e. The molecule has 118 valence electrons. The Hall–Kier alpha value is -1.40. The highest BCUT2D eigenvalue weighted by atomic mass is 16.5. The smallest absolute Gasteiger partial charge is 0.356 e. The van der Waals surface area contributed by atoms with Crippen molar-refractivity contribution in [2.75, 3.05) is 13.2 Å². The molecule has 0 saturated carbocycles. The Bertz CT molecular complexity index is 485. The third-order valence-corrected chi connectivity index (χ3v) is 4.06. The van der Waals surface area contributed by atoms with Crippen molar-refractivity contribution in [3.8, 4) is 0 Å². The Balaban J connectivity index is 1.87. The summed E-state index contributed by atoms with van der Waals surface area (Å²) in [6.45, 7) is 6.77. The van der Waals surface area contributed by atoms with E-state index in [0.717, 1.165) is 25.3 Å². The Morgan fingerprint density at radius 1 is 1.62 bits per heavy atom. The fraction of sp³-hybridized carbons (Fsp3) is 0.733. The summed E-state index contributed by atoms with van der Waals surface area (Å²) in [5.74, 6) is 0.0516. The van der Waals surface area contributed by atoms with Crippen LogP contribution >= 0.6 is 0 Å². The van der Waals surface area contributed by atoms with E-state index in [1.807, 2.05) is 0 Å². The molecule has 0 radical (unpaired) electrons. The van der Waals surface area contributed by atoms with E-state index in [2.05, 4.69) is 24.3 Å². The first-order valence-electron chi connectivity index (χ1n) is 7.57. The molecule has 6 heteroatoms. The maximum absolute atomic E-state index is 10.9. The third kappa shape index (κ3) is 4.04. The van der Waals surface area contributed by atoms with Crippen molar-refractivity contribution in [3.05, 3.63) is 17.5 Å². The van der Waals surface area contributed by atoms with Crippen molar-refractivity contribution in [2.24, 2.45) is 18.9 Å². The fourth-order valence-corrected chi connectivity index (χ4v) is 2.98. The van der Waals surface area contributed by atoms with Gasteiger partial charge in [0.25, 0.3) is 0 Å². The first kappa shape index (κ1) is 16.0. The van der Waals surface area contributed by atoms with Crippen LogP contribution in [-0.2, 0) is 18.3 Å². The Labute approximate surface area is 125 Å². The second-order valence-electron chi connectivity index (χ2n) is 6.06. The van der Waals surface area contributed by atoms with E-state index in [0.29, 0.717) is 24.5 Å². The zero-order chi connectivity index (χ0) is 15.4. The lowest BCUT2D eigenvalue weighted by Gasteiger charge is -2.34. The van der Waals surface area contributed by atoms with Crippen LogP contribution in [0.15, 0.2) is 6.07 Å². The molecule has 1 aliphatic heterocycles. The van der Waals surface area contributed by atoms with Gasteiger partial charge in [0, 0.05) is 26.7 Å². The number of aromatic carboxylic acids is 1. The van der Waals surface area contributed by atoms with Crippen LogP contribution in [-0.4, -0.2) is 40.1 Å². The van der Waals surface area contributed by atoms with Gasteiger partial charge < -0.3 is 15.2 Å². The third-order valence-electron chi connectivity index (χ3n) is 4.06. The molecular weight excluding hydrogens is 270 g/mol. The molecule has 2 N–H and O–H groups in total. The number of hydrogen-bond donors (Lipinski definition) is 2. The molecule has 6 nitrogen and oxygen atoms in total. The predicted octanol–water partition coefficient (Wildman–Crippen LogP) is 1.66. The molecule has 1 aliphatic rings. The summed E-state index contributed by atoms with van der Waals surface area (Å²) in [6.07, 6.45) is 2.61. The molecule has 0 bridgehead atoms. The molecule has 1 aromatic rings. The van der Waals surface area contributed by atoms with Gasteiger partial charge in [-0.05, 0) is 30.7 Å². The summed E-state index contributed by atoms with van der Waals surface area (Å²) in [6, 6.07) is 1.62. The SMILES string of the molecule is CC(C)C1OCCCC1CNCc1cc(C(=O)O)nn1C. The highest BCUT2D eigenvalue weighted by molar-refractivity contribution is 5.85. The van der Waals surface area contributed by atoms with Crippen LogP contribution in [0.2, 0.25) is 0 Å². The van der Waals surface area contributed by atoms with E-state index in [-0.39, 0.29) is 5.69 Å². The second-order valence-corrected chi connectivity index (χ2v) is 6.06. The molecule has 1 saturated heterocycles. The zero-order valence-corrected chi connectivity index (χ0v) is 13.0. The predicted molar refractivity (Wildman–Crippen MR) is 79.2 cm³/mol. The number of aryl methyl sites for hydroxylation is 1. The van der Waals surface area contributed by atoms with Gasteiger partial charge >= 0.3 is 5.97 Å². The average molecular weight is 295 g/mol. The highest BCUT2D eigenvalue weighted by Gasteiger charge is 2.28. The van der Waals surface area contributed by atoms with Crippen molar-refractivity contribution in [3.63, 3.8) is 0 Å².